The van der Waals surface area contributed by atoms with Gasteiger partial charge in [-0.1, -0.05) is 37.3 Å². The van der Waals surface area contributed by atoms with E-state index in [0.29, 0.717) is 19.4 Å². The third-order valence-electron chi connectivity index (χ3n) is 4.60. The zero-order valence-corrected chi connectivity index (χ0v) is 16.4. The maximum absolute atomic E-state index is 12.7. The number of anilines is 1. The third-order valence-corrected chi connectivity index (χ3v) is 4.60. The molecule has 0 saturated carbocycles. The highest BCUT2D eigenvalue weighted by Crippen LogP contribution is 2.18. The molecule has 6 heteroatoms. The minimum absolute atomic E-state index is 0.0439. The summed E-state index contributed by atoms with van der Waals surface area (Å²) in [6.07, 6.45) is 1.92. The molecular formula is C22H26N4O2. The van der Waals surface area contributed by atoms with Crippen LogP contribution in [0.1, 0.15) is 31.2 Å². The Bertz CT molecular complexity index is 978. The van der Waals surface area contributed by atoms with E-state index in [-0.39, 0.29) is 18.4 Å². The molecule has 0 radical (unpaired) electrons. The first-order chi connectivity index (χ1) is 13.6. The Hall–Kier alpha value is -3.15. The van der Waals surface area contributed by atoms with E-state index >= 15 is 0 Å². The number of rotatable bonds is 8. The lowest BCUT2D eigenvalue weighted by Crippen LogP contribution is -2.27. The van der Waals surface area contributed by atoms with Crippen molar-refractivity contribution in [2.24, 2.45) is 0 Å². The zero-order valence-electron chi connectivity index (χ0n) is 16.4. The SMILES string of the molecule is CCCC(=O)NCCc1nc2ccccc2n1CC(=O)Nc1ccccc1C. The number of aryl methyl sites for hydroxylation is 1. The van der Waals surface area contributed by atoms with Gasteiger partial charge in [-0.15, -0.1) is 0 Å². The Labute approximate surface area is 165 Å². The lowest BCUT2D eigenvalue weighted by Gasteiger charge is -2.12. The van der Waals surface area contributed by atoms with Crippen molar-refractivity contribution in [1.82, 2.24) is 14.9 Å². The van der Waals surface area contributed by atoms with Gasteiger partial charge in [-0.2, -0.15) is 0 Å². The number of nitrogens with zero attached hydrogens (tertiary/aromatic N) is 2. The molecule has 0 unspecified atom stereocenters. The molecule has 0 fully saturated rings. The summed E-state index contributed by atoms with van der Waals surface area (Å²) in [5, 5.41) is 5.89. The molecule has 28 heavy (non-hydrogen) atoms. The molecule has 0 bridgehead atoms. The fourth-order valence-corrected chi connectivity index (χ4v) is 3.17. The normalized spacial score (nSPS) is 10.8. The summed E-state index contributed by atoms with van der Waals surface area (Å²) < 4.78 is 1.93. The van der Waals surface area contributed by atoms with Crippen molar-refractivity contribution in [3.63, 3.8) is 0 Å². The molecule has 2 amide bonds. The summed E-state index contributed by atoms with van der Waals surface area (Å²) in [6.45, 7) is 4.62. The van der Waals surface area contributed by atoms with Crippen LogP contribution in [0.15, 0.2) is 48.5 Å². The zero-order chi connectivity index (χ0) is 19.9. The van der Waals surface area contributed by atoms with Gasteiger partial charge < -0.3 is 15.2 Å². The largest absolute Gasteiger partial charge is 0.356 e. The highest BCUT2D eigenvalue weighted by atomic mass is 16.2. The van der Waals surface area contributed by atoms with Crippen LogP contribution in [0.5, 0.6) is 0 Å². The molecule has 0 atom stereocenters. The second-order valence-electron chi connectivity index (χ2n) is 6.82. The molecular weight excluding hydrogens is 352 g/mol. The maximum Gasteiger partial charge on any atom is 0.244 e. The van der Waals surface area contributed by atoms with Gasteiger partial charge in [0.1, 0.15) is 12.4 Å². The molecule has 0 saturated heterocycles. The Morgan fingerprint density at radius 3 is 2.57 bits per heavy atom. The van der Waals surface area contributed by atoms with Crippen molar-refractivity contribution in [2.45, 2.75) is 39.7 Å². The van der Waals surface area contributed by atoms with Gasteiger partial charge in [-0.3, -0.25) is 9.59 Å². The van der Waals surface area contributed by atoms with Gasteiger partial charge >= 0.3 is 0 Å². The average molecular weight is 378 g/mol. The van der Waals surface area contributed by atoms with Crippen LogP contribution in [0.25, 0.3) is 11.0 Å². The Kier molecular flexibility index (Phi) is 6.42. The molecule has 3 aromatic rings. The molecule has 146 valence electrons. The quantitative estimate of drug-likeness (QED) is 0.630. The van der Waals surface area contributed by atoms with Crippen molar-refractivity contribution >= 4 is 28.5 Å². The molecule has 0 aliphatic heterocycles. The number of amides is 2. The fraction of sp³-hybridized carbons (Fsp3) is 0.318. The first-order valence-corrected chi connectivity index (χ1v) is 9.64. The van der Waals surface area contributed by atoms with Gasteiger partial charge in [-0.25, -0.2) is 4.98 Å². The van der Waals surface area contributed by atoms with E-state index in [4.69, 9.17) is 0 Å². The van der Waals surface area contributed by atoms with Crippen LogP contribution in [0, 0.1) is 6.92 Å². The molecule has 3 rings (SSSR count). The van der Waals surface area contributed by atoms with Crippen molar-refractivity contribution in [3.8, 4) is 0 Å². The molecule has 2 N–H and O–H groups in total. The Balaban J connectivity index is 1.76. The van der Waals surface area contributed by atoms with E-state index in [2.05, 4.69) is 15.6 Å². The molecule has 1 aromatic heterocycles. The van der Waals surface area contributed by atoms with Gasteiger partial charge in [0.25, 0.3) is 0 Å². The summed E-state index contributed by atoms with van der Waals surface area (Å²) in [6, 6.07) is 15.5. The highest BCUT2D eigenvalue weighted by molar-refractivity contribution is 5.92. The molecule has 1 heterocycles. The number of hydrogen-bond donors (Lipinski definition) is 2. The summed E-state index contributed by atoms with van der Waals surface area (Å²) in [4.78, 5) is 29.0. The van der Waals surface area contributed by atoms with Gasteiger partial charge in [0.05, 0.1) is 11.0 Å². The van der Waals surface area contributed by atoms with Gasteiger partial charge in [0.2, 0.25) is 11.8 Å². The summed E-state index contributed by atoms with van der Waals surface area (Å²) >= 11 is 0. The smallest absolute Gasteiger partial charge is 0.244 e. The summed E-state index contributed by atoms with van der Waals surface area (Å²) in [5.74, 6) is 0.731. The summed E-state index contributed by atoms with van der Waals surface area (Å²) in [7, 11) is 0. The van der Waals surface area contributed by atoms with Crippen LogP contribution in [0.3, 0.4) is 0 Å². The number of nitrogens with one attached hydrogen (secondary N) is 2. The van der Waals surface area contributed by atoms with Crippen LogP contribution in [-0.4, -0.2) is 27.9 Å². The predicted molar refractivity (Wildman–Crippen MR) is 111 cm³/mol. The maximum atomic E-state index is 12.7. The van der Waals surface area contributed by atoms with Crippen LogP contribution >= 0.6 is 0 Å². The van der Waals surface area contributed by atoms with E-state index in [1.807, 2.05) is 66.9 Å². The van der Waals surface area contributed by atoms with E-state index < -0.39 is 0 Å². The first-order valence-electron chi connectivity index (χ1n) is 9.64. The minimum Gasteiger partial charge on any atom is -0.356 e. The molecule has 0 aliphatic carbocycles. The number of benzene rings is 2. The van der Waals surface area contributed by atoms with Gasteiger partial charge in [0.15, 0.2) is 0 Å². The van der Waals surface area contributed by atoms with E-state index in [9.17, 15) is 9.59 Å². The summed E-state index contributed by atoms with van der Waals surface area (Å²) in [5.41, 5.74) is 3.59. The van der Waals surface area contributed by atoms with Crippen LogP contribution in [0.4, 0.5) is 5.69 Å². The first kappa shape index (κ1) is 19.6. The topological polar surface area (TPSA) is 76.0 Å². The monoisotopic (exact) mass is 378 g/mol. The van der Waals surface area contributed by atoms with E-state index in [0.717, 1.165) is 34.5 Å². The van der Waals surface area contributed by atoms with Crippen LogP contribution in [-0.2, 0) is 22.6 Å². The average Bonchev–Trinajstić information content (AvgIpc) is 3.01. The third kappa shape index (κ3) is 4.76. The molecule has 0 spiro atoms. The number of aromatic nitrogens is 2. The number of hydrogen-bond acceptors (Lipinski definition) is 3. The molecule has 6 nitrogen and oxygen atoms in total. The van der Waals surface area contributed by atoms with Crippen LogP contribution in [0.2, 0.25) is 0 Å². The number of carbonyl (C=O) groups is 2. The highest BCUT2D eigenvalue weighted by Gasteiger charge is 2.14. The van der Waals surface area contributed by atoms with Crippen molar-refractivity contribution in [2.75, 3.05) is 11.9 Å². The number of fused-ring (bicyclic) bond motifs is 1. The van der Waals surface area contributed by atoms with Gasteiger partial charge in [-0.05, 0) is 37.1 Å². The minimum atomic E-state index is -0.103. The van der Waals surface area contributed by atoms with Gasteiger partial charge in [0, 0.05) is 25.1 Å². The lowest BCUT2D eigenvalue weighted by molar-refractivity contribution is -0.121. The molecule has 2 aromatic carbocycles. The van der Waals surface area contributed by atoms with Crippen molar-refractivity contribution < 1.29 is 9.59 Å². The second-order valence-corrected chi connectivity index (χ2v) is 6.82. The second kappa shape index (κ2) is 9.17. The number of para-hydroxylation sites is 3. The Morgan fingerprint density at radius 1 is 1.04 bits per heavy atom. The van der Waals surface area contributed by atoms with Crippen LogP contribution < -0.4 is 10.6 Å². The fourth-order valence-electron chi connectivity index (χ4n) is 3.17. The molecule has 0 aliphatic rings. The van der Waals surface area contributed by atoms with E-state index in [1.165, 1.54) is 0 Å². The Morgan fingerprint density at radius 2 is 1.79 bits per heavy atom. The van der Waals surface area contributed by atoms with Crippen molar-refractivity contribution in [1.29, 1.82) is 0 Å². The predicted octanol–water partition coefficient (Wildman–Crippen LogP) is 3.44. The van der Waals surface area contributed by atoms with Crippen molar-refractivity contribution in [3.05, 3.63) is 59.9 Å². The number of imidazole rings is 1. The van der Waals surface area contributed by atoms with E-state index in [1.54, 1.807) is 0 Å². The lowest BCUT2D eigenvalue weighted by atomic mass is 10.2. The standard InChI is InChI=1S/C22H26N4O2/c1-3-8-21(27)23-14-13-20-24-18-11-6-7-12-19(18)26(20)15-22(28)25-17-10-5-4-9-16(17)2/h4-7,9-12H,3,8,13-15H2,1-2H3,(H,23,27)(H,25,28). The number of carbonyl (C=O) groups excluding carboxylic acids is 2.